The minimum atomic E-state index is 0.179. The summed E-state index contributed by atoms with van der Waals surface area (Å²) in [6.45, 7) is 2.00. The van der Waals surface area contributed by atoms with Gasteiger partial charge in [0.05, 0.1) is 12.1 Å². The molecule has 5 nitrogen and oxygen atoms in total. The Labute approximate surface area is 86.8 Å². The smallest absolute Gasteiger partial charge is 0.145 e. The van der Waals surface area contributed by atoms with Crippen molar-refractivity contribution in [1.82, 2.24) is 9.38 Å². The predicted octanol–water partition coefficient (Wildman–Crippen LogP) is 0.932. The van der Waals surface area contributed by atoms with Gasteiger partial charge in [0.25, 0.3) is 0 Å². The first kappa shape index (κ1) is 9.51. The lowest BCUT2D eigenvalue weighted by Crippen LogP contribution is -2.15. The third-order valence-corrected chi connectivity index (χ3v) is 2.30. The molecule has 0 spiro atoms. The SMILES string of the molecule is Cc1cccn2c(C/C(N)=N/O)cnc12. The molecule has 0 atom stereocenters. The number of hydrogen-bond acceptors (Lipinski definition) is 3. The van der Waals surface area contributed by atoms with E-state index in [-0.39, 0.29) is 5.84 Å². The third kappa shape index (κ3) is 1.63. The molecule has 2 rings (SSSR count). The van der Waals surface area contributed by atoms with Gasteiger partial charge in [-0.25, -0.2) is 4.98 Å². The molecule has 15 heavy (non-hydrogen) atoms. The van der Waals surface area contributed by atoms with Crippen molar-refractivity contribution >= 4 is 11.5 Å². The van der Waals surface area contributed by atoms with Gasteiger partial charge in [-0.15, -0.1) is 0 Å². The Morgan fingerprint density at radius 1 is 1.67 bits per heavy atom. The van der Waals surface area contributed by atoms with Gasteiger partial charge in [-0.1, -0.05) is 11.2 Å². The Hall–Kier alpha value is -2.04. The Morgan fingerprint density at radius 3 is 3.20 bits per heavy atom. The van der Waals surface area contributed by atoms with Crippen molar-refractivity contribution in [3.05, 3.63) is 35.8 Å². The van der Waals surface area contributed by atoms with Gasteiger partial charge in [-0.05, 0) is 18.6 Å². The molecule has 0 aliphatic carbocycles. The fourth-order valence-electron chi connectivity index (χ4n) is 1.55. The van der Waals surface area contributed by atoms with E-state index in [1.807, 2.05) is 29.7 Å². The van der Waals surface area contributed by atoms with Crippen LogP contribution in [0.5, 0.6) is 0 Å². The van der Waals surface area contributed by atoms with E-state index in [1.165, 1.54) is 0 Å². The average molecular weight is 204 g/mol. The molecule has 78 valence electrons. The van der Waals surface area contributed by atoms with Gasteiger partial charge in [0.15, 0.2) is 0 Å². The van der Waals surface area contributed by atoms with Crippen LogP contribution in [0.25, 0.3) is 5.65 Å². The largest absolute Gasteiger partial charge is 0.409 e. The second-order valence-electron chi connectivity index (χ2n) is 3.40. The average Bonchev–Trinajstić information content (AvgIpc) is 2.63. The molecule has 0 fully saturated rings. The highest BCUT2D eigenvalue weighted by Gasteiger charge is 2.06. The lowest BCUT2D eigenvalue weighted by molar-refractivity contribution is 0.317. The summed E-state index contributed by atoms with van der Waals surface area (Å²) in [5.74, 6) is 0.179. The summed E-state index contributed by atoms with van der Waals surface area (Å²) in [4.78, 5) is 4.28. The molecule has 0 bridgehead atoms. The quantitative estimate of drug-likeness (QED) is 0.331. The summed E-state index contributed by atoms with van der Waals surface area (Å²) in [6.07, 6.45) is 4.04. The van der Waals surface area contributed by atoms with Gasteiger partial charge in [0, 0.05) is 12.4 Å². The lowest BCUT2D eigenvalue weighted by atomic mass is 10.3. The molecular weight excluding hydrogens is 192 g/mol. The van der Waals surface area contributed by atoms with Crippen LogP contribution in [-0.2, 0) is 6.42 Å². The van der Waals surface area contributed by atoms with Gasteiger partial charge in [0.2, 0.25) is 0 Å². The van der Waals surface area contributed by atoms with E-state index in [1.54, 1.807) is 6.20 Å². The summed E-state index contributed by atoms with van der Waals surface area (Å²) in [7, 11) is 0. The van der Waals surface area contributed by atoms with Crippen LogP contribution in [0.3, 0.4) is 0 Å². The number of nitrogens with zero attached hydrogens (tertiary/aromatic N) is 3. The van der Waals surface area contributed by atoms with Crippen LogP contribution in [0.1, 0.15) is 11.3 Å². The topological polar surface area (TPSA) is 75.9 Å². The molecule has 0 unspecified atom stereocenters. The zero-order valence-corrected chi connectivity index (χ0v) is 8.38. The molecule has 0 aromatic carbocycles. The highest BCUT2D eigenvalue weighted by atomic mass is 16.4. The number of nitrogens with two attached hydrogens (primary N) is 1. The van der Waals surface area contributed by atoms with Gasteiger partial charge < -0.3 is 15.3 Å². The maximum absolute atomic E-state index is 8.49. The molecule has 0 saturated carbocycles. The van der Waals surface area contributed by atoms with E-state index >= 15 is 0 Å². The third-order valence-electron chi connectivity index (χ3n) is 2.30. The lowest BCUT2D eigenvalue weighted by Gasteiger charge is -2.01. The van der Waals surface area contributed by atoms with Crippen molar-refractivity contribution in [3.63, 3.8) is 0 Å². The van der Waals surface area contributed by atoms with E-state index in [9.17, 15) is 0 Å². The Bertz CT molecular complexity index is 515. The normalized spacial score (nSPS) is 12.2. The molecule has 3 N–H and O–H groups in total. The van der Waals surface area contributed by atoms with Crippen molar-refractivity contribution < 1.29 is 5.21 Å². The molecule has 5 heteroatoms. The highest BCUT2D eigenvalue weighted by Crippen LogP contribution is 2.11. The molecule has 2 heterocycles. The first-order valence-corrected chi connectivity index (χ1v) is 4.60. The minimum absolute atomic E-state index is 0.179. The predicted molar refractivity (Wildman–Crippen MR) is 57.0 cm³/mol. The number of hydrogen-bond donors (Lipinski definition) is 2. The second-order valence-corrected chi connectivity index (χ2v) is 3.40. The van der Waals surface area contributed by atoms with Crippen molar-refractivity contribution in [2.24, 2.45) is 10.9 Å². The number of amidine groups is 1. The monoisotopic (exact) mass is 204 g/mol. The van der Waals surface area contributed by atoms with Crippen molar-refractivity contribution in [3.8, 4) is 0 Å². The van der Waals surface area contributed by atoms with Crippen LogP contribution in [0.15, 0.2) is 29.7 Å². The number of imidazole rings is 1. The summed E-state index contributed by atoms with van der Waals surface area (Å²) < 4.78 is 1.94. The summed E-state index contributed by atoms with van der Waals surface area (Å²) in [5, 5.41) is 11.4. The fourth-order valence-corrected chi connectivity index (χ4v) is 1.55. The number of aryl methyl sites for hydroxylation is 1. The molecule has 0 aliphatic rings. The standard InChI is InChI=1S/C10H12N4O/c1-7-3-2-4-14-8(5-9(11)13-15)6-12-10(7)14/h2-4,6,15H,5H2,1H3,(H2,11,13). The highest BCUT2D eigenvalue weighted by molar-refractivity contribution is 5.81. The van der Waals surface area contributed by atoms with E-state index in [2.05, 4.69) is 10.1 Å². The van der Waals surface area contributed by atoms with Gasteiger partial charge in [-0.2, -0.15) is 0 Å². The molecule has 0 amide bonds. The molecule has 0 aliphatic heterocycles. The summed E-state index contributed by atoms with van der Waals surface area (Å²) in [5.41, 5.74) is 8.36. The molecular formula is C10H12N4O. The number of fused-ring (bicyclic) bond motifs is 1. The van der Waals surface area contributed by atoms with E-state index in [0.717, 1.165) is 16.9 Å². The van der Waals surface area contributed by atoms with Crippen LogP contribution >= 0.6 is 0 Å². The van der Waals surface area contributed by atoms with Crippen LogP contribution < -0.4 is 5.73 Å². The summed E-state index contributed by atoms with van der Waals surface area (Å²) >= 11 is 0. The molecule has 0 radical (unpaired) electrons. The minimum Gasteiger partial charge on any atom is -0.409 e. The Morgan fingerprint density at radius 2 is 2.47 bits per heavy atom. The first-order chi connectivity index (χ1) is 7.22. The van der Waals surface area contributed by atoms with Crippen LogP contribution in [0.4, 0.5) is 0 Å². The van der Waals surface area contributed by atoms with Crippen molar-refractivity contribution in [1.29, 1.82) is 0 Å². The van der Waals surface area contributed by atoms with Crippen LogP contribution in [0, 0.1) is 6.92 Å². The Kier molecular flexibility index (Phi) is 2.29. The van der Waals surface area contributed by atoms with Crippen LogP contribution in [-0.4, -0.2) is 20.4 Å². The molecule has 2 aromatic rings. The van der Waals surface area contributed by atoms with E-state index in [4.69, 9.17) is 10.9 Å². The maximum Gasteiger partial charge on any atom is 0.145 e. The fraction of sp³-hybridized carbons (Fsp3) is 0.200. The number of oxime groups is 1. The number of aromatic nitrogens is 2. The second kappa shape index (κ2) is 3.61. The zero-order chi connectivity index (χ0) is 10.8. The van der Waals surface area contributed by atoms with Crippen LogP contribution in [0.2, 0.25) is 0 Å². The first-order valence-electron chi connectivity index (χ1n) is 4.60. The van der Waals surface area contributed by atoms with Gasteiger partial charge >= 0.3 is 0 Å². The number of rotatable bonds is 2. The Balaban J connectivity index is 2.50. The molecule has 2 aromatic heterocycles. The summed E-state index contributed by atoms with van der Waals surface area (Å²) in [6, 6.07) is 3.94. The van der Waals surface area contributed by atoms with E-state index in [0.29, 0.717) is 6.42 Å². The maximum atomic E-state index is 8.49. The number of pyridine rings is 1. The van der Waals surface area contributed by atoms with Crippen molar-refractivity contribution in [2.45, 2.75) is 13.3 Å². The van der Waals surface area contributed by atoms with Gasteiger partial charge in [0.1, 0.15) is 11.5 Å². The van der Waals surface area contributed by atoms with Gasteiger partial charge in [-0.3, -0.25) is 0 Å². The molecule has 0 saturated heterocycles. The zero-order valence-electron chi connectivity index (χ0n) is 8.38. The van der Waals surface area contributed by atoms with E-state index < -0.39 is 0 Å². The van der Waals surface area contributed by atoms with Crippen molar-refractivity contribution in [2.75, 3.05) is 0 Å².